The molecule has 1 aliphatic carbocycles. The molecule has 1 fully saturated rings. The number of alkyl halides is 1. The molecule has 1 atom stereocenters. The van der Waals surface area contributed by atoms with Crippen LogP contribution in [-0.2, 0) is 5.88 Å². The molecule has 1 aliphatic rings. The summed E-state index contributed by atoms with van der Waals surface area (Å²) in [5, 5.41) is 0. The second-order valence-corrected chi connectivity index (χ2v) is 6.29. The van der Waals surface area contributed by atoms with E-state index in [2.05, 4.69) is 34.4 Å². The van der Waals surface area contributed by atoms with Gasteiger partial charge in [0.15, 0.2) is 5.65 Å². The van der Waals surface area contributed by atoms with Gasteiger partial charge in [-0.25, -0.2) is 9.97 Å². The van der Waals surface area contributed by atoms with E-state index >= 15 is 0 Å². The maximum atomic E-state index is 6.12. The van der Waals surface area contributed by atoms with Crippen molar-refractivity contribution in [3.8, 4) is 0 Å². The molecule has 0 amide bonds. The summed E-state index contributed by atoms with van der Waals surface area (Å²) in [6, 6.07) is 2.53. The lowest BCUT2D eigenvalue weighted by Gasteiger charge is -2.29. The fourth-order valence-corrected chi connectivity index (χ4v) is 3.67. The minimum absolute atomic E-state index is 0.434. The summed E-state index contributed by atoms with van der Waals surface area (Å²) >= 11 is 6.12. The van der Waals surface area contributed by atoms with E-state index in [4.69, 9.17) is 11.6 Å². The largest absolute Gasteiger partial charge is 0.309 e. The number of aryl methyl sites for hydroxylation is 1. The molecule has 0 bridgehead atoms. The first kappa shape index (κ1) is 13.9. The fraction of sp³-hybridized carbons (Fsp3) is 0.625. The average molecular weight is 292 g/mol. The molecule has 0 saturated heterocycles. The number of imidazole rings is 1. The van der Waals surface area contributed by atoms with Crippen LogP contribution in [0, 0.1) is 12.8 Å². The number of pyridine rings is 1. The molecular weight excluding hydrogens is 270 g/mol. The van der Waals surface area contributed by atoms with Gasteiger partial charge in [-0.3, -0.25) is 0 Å². The van der Waals surface area contributed by atoms with Crippen LogP contribution >= 0.6 is 11.6 Å². The summed E-state index contributed by atoms with van der Waals surface area (Å²) in [7, 11) is 0. The van der Waals surface area contributed by atoms with Crippen molar-refractivity contribution in [2.45, 2.75) is 57.9 Å². The van der Waals surface area contributed by atoms with E-state index in [0.29, 0.717) is 11.9 Å². The molecule has 1 saturated carbocycles. The highest BCUT2D eigenvalue weighted by Gasteiger charge is 2.25. The Morgan fingerprint density at radius 2 is 2.10 bits per heavy atom. The van der Waals surface area contributed by atoms with Crippen LogP contribution in [0.3, 0.4) is 0 Å². The maximum Gasteiger partial charge on any atom is 0.160 e. The minimum atomic E-state index is 0.434. The van der Waals surface area contributed by atoms with E-state index in [1.54, 1.807) is 0 Å². The predicted octanol–water partition coefficient (Wildman–Crippen LogP) is 4.62. The second kappa shape index (κ2) is 5.72. The highest BCUT2D eigenvalue weighted by molar-refractivity contribution is 6.16. The molecule has 1 unspecified atom stereocenters. The molecule has 0 aliphatic heterocycles. The van der Waals surface area contributed by atoms with E-state index in [0.717, 1.165) is 28.5 Å². The first-order chi connectivity index (χ1) is 9.70. The van der Waals surface area contributed by atoms with Gasteiger partial charge < -0.3 is 4.57 Å². The number of fused-ring (bicyclic) bond motifs is 1. The van der Waals surface area contributed by atoms with Crippen molar-refractivity contribution in [3.05, 3.63) is 23.7 Å². The number of halogens is 1. The third-order valence-corrected chi connectivity index (χ3v) is 4.84. The first-order valence-corrected chi connectivity index (χ1v) is 8.13. The molecule has 0 N–H and O–H groups in total. The zero-order valence-electron chi connectivity index (χ0n) is 12.3. The van der Waals surface area contributed by atoms with Crippen LogP contribution in [0.15, 0.2) is 12.3 Å². The molecule has 2 aromatic rings. The Hall–Kier alpha value is -1.09. The normalized spacial score (nSPS) is 18.6. The van der Waals surface area contributed by atoms with Crippen LogP contribution in [0.25, 0.3) is 11.2 Å². The lowest BCUT2D eigenvalue weighted by molar-refractivity contribution is 0.264. The first-order valence-electron chi connectivity index (χ1n) is 7.60. The molecule has 3 rings (SSSR count). The average Bonchev–Trinajstić information content (AvgIpc) is 2.84. The lowest BCUT2D eigenvalue weighted by Crippen LogP contribution is -2.21. The molecule has 0 spiro atoms. The van der Waals surface area contributed by atoms with Crippen molar-refractivity contribution >= 4 is 22.8 Å². The zero-order chi connectivity index (χ0) is 14.1. The third-order valence-electron chi connectivity index (χ3n) is 4.60. The maximum absolute atomic E-state index is 6.12. The van der Waals surface area contributed by atoms with E-state index in [9.17, 15) is 0 Å². The lowest BCUT2D eigenvalue weighted by atomic mass is 9.84. The molecule has 0 radical (unpaired) electrons. The van der Waals surface area contributed by atoms with Crippen molar-refractivity contribution in [1.29, 1.82) is 0 Å². The summed E-state index contributed by atoms with van der Waals surface area (Å²) in [5.41, 5.74) is 3.11. The molecule has 3 nitrogen and oxygen atoms in total. The summed E-state index contributed by atoms with van der Waals surface area (Å²) in [6.07, 6.45) is 8.64. The zero-order valence-corrected chi connectivity index (χ0v) is 13.0. The molecule has 108 valence electrons. The molecule has 4 heteroatoms. The van der Waals surface area contributed by atoms with Gasteiger partial charge in [0, 0.05) is 12.2 Å². The number of rotatable bonds is 3. The smallest absolute Gasteiger partial charge is 0.160 e. The van der Waals surface area contributed by atoms with Gasteiger partial charge in [0.05, 0.1) is 5.88 Å². The topological polar surface area (TPSA) is 30.7 Å². The molecule has 2 heterocycles. The second-order valence-electron chi connectivity index (χ2n) is 6.03. The van der Waals surface area contributed by atoms with Gasteiger partial charge in [-0.1, -0.05) is 19.3 Å². The van der Waals surface area contributed by atoms with Gasteiger partial charge in [0.2, 0.25) is 0 Å². The van der Waals surface area contributed by atoms with Crippen molar-refractivity contribution in [1.82, 2.24) is 14.5 Å². The standard InChI is InChI=1S/C16H22ClN3/c1-11-8-14-16(18-10-11)20(15(9-17)19-14)12(2)13-6-4-3-5-7-13/h8,10,12-13H,3-7,9H2,1-2H3. The Kier molecular flexibility index (Phi) is 3.97. The van der Waals surface area contributed by atoms with Crippen molar-refractivity contribution < 1.29 is 0 Å². The van der Waals surface area contributed by atoms with Gasteiger partial charge in [-0.05, 0) is 44.2 Å². The van der Waals surface area contributed by atoms with Gasteiger partial charge in [0.25, 0.3) is 0 Å². The highest BCUT2D eigenvalue weighted by Crippen LogP contribution is 2.35. The van der Waals surface area contributed by atoms with Crippen molar-refractivity contribution in [2.75, 3.05) is 0 Å². The monoisotopic (exact) mass is 291 g/mol. The third kappa shape index (κ3) is 2.44. The number of hydrogen-bond donors (Lipinski definition) is 0. The van der Waals surface area contributed by atoms with Crippen molar-refractivity contribution in [3.63, 3.8) is 0 Å². The molecule has 20 heavy (non-hydrogen) atoms. The van der Waals surface area contributed by atoms with Gasteiger partial charge >= 0.3 is 0 Å². The predicted molar refractivity (Wildman–Crippen MR) is 83.1 cm³/mol. The Bertz CT molecular complexity index is 599. The van der Waals surface area contributed by atoms with Crippen LogP contribution < -0.4 is 0 Å². The number of aromatic nitrogens is 3. The van der Waals surface area contributed by atoms with E-state index in [-0.39, 0.29) is 0 Å². The fourth-order valence-electron chi connectivity index (χ4n) is 3.48. The number of nitrogens with zero attached hydrogens (tertiary/aromatic N) is 3. The SMILES string of the molecule is Cc1cnc2c(c1)nc(CCl)n2C(C)C1CCCCC1. The molecule has 2 aromatic heterocycles. The quantitative estimate of drug-likeness (QED) is 0.773. The summed E-state index contributed by atoms with van der Waals surface area (Å²) < 4.78 is 2.28. The van der Waals surface area contributed by atoms with E-state index in [1.165, 1.54) is 32.1 Å². The Morgan fingerprint density at radius 1 is 1.35 bits per heavy atom. The van der Waals surface area contributed by atoms with Crippen LogP contribution in [0.5, 0.6) is 0 Å². The Morgan fingerprint density at radius 3 is 2.80 bits per heavy atom. The van der Waals surface area contributed by atoms with Crippen LogP contribution in [0.4, 0.5) is 0 Å². The van der Waals surface area contributed by atoms with Gasteiger partial charge in [-0.2, -0.15) is 0 Å². The molecule has 0 aromatic carbocycles. The summed E-state index contributed by atoms with van der Waals surface area (Å²) in [4.78, 5) is 9.28. The summed E-state index contributed by atoms with van der Waals surface area (Å²) in [5.74, 6) is 2.14. The van der Waals surface area contributed by atoms with Crippen LogP contribution in [-0.4, -0.2) is 14.5 Å². The highest BCUT2D eigenvalue weighted by atomic mass is 35.5. The number of hydrogen-bond acceptors (Lipinski definition) is 2. The summed E-state index contributed by atoms with van der Waals surface area (Å²) in [6.45, 7) is 4.35. The van der Waals surface area contributed by atoms with Crippen LogP contribution in [0.2, 0.25) is 0 Å². The minimum Gasteiger partial charge on any atom is -0.309 e. The van der Waals surface area contributed by atoms with Gasteiger partial charge in [-0.15, -0.1) is 11.6 Å². The van der Waals surface area contributed by atoms with Crippen molar-refractivity contribution in [2.24, 2.45) is 5.92 Å². The van der Waals surface area contributed by atoms with Crippen LogP contribution in [0.1, 0.15) is 56.5 Å². The van der Waals surface area contributed by atoms with E-state index in [1.807, 2.05) is 6.20 Å². The molecular formula is C16H22ClN3. The Balaban J connectivity index is 2.04. The van der Waals surface area contributed by atoms with Gasteiger partial charge in [0.1, 0.15) is 11.3 Å². The van der Waals surface area contributed by atoms with E-state index < -0.39 is 0 Å². The Labute approximate surface area is 125 Å².